The van der Waals surface area contributed by atoms with E-state index in [1.54, 1.807) is 10.6 Å². The van der Waals surface area contributed by atoms with Crippen LogP contribution in [0.5, 0.6) is 11.5 Å². The number of nitrogen functional groups attached to an aromatic ring is 1. The number of aromatic nitrogens is 4. The second kappa shape index (κ2) is 6.97. The maximum atomic E-state index is 10.2. The van der Waals surface area contributed by atoms with Gasteiger partial charge in [-0.05, 0) is 50.1 Å². The molecule has 0 saturated heterocycles. The van der Waals surface area contributed by atoms with Crippen LogP contribution in [0, 0.1) is 0 Å². The van der Waals surface area contributed by atoms with Crippen LogP contribution in [0.15, 0.2) is 54.9 Å². The first kappa shape index (κ1) is 18.8. The van der Waals surface area contributed by atoms with Gasteiger partial charge in [-0.2, -0.15) is 5.10 Å². The number of para-hydroxylation sites is 1. The van der Waals surface area contributed by atoms with Gasteiger partial charge in [0.15, 0.2) is 5.82 Å². The van der Waals surface area contributed by atoms with Gasteiger partial charge in [0.05, 0.1) is 10.6 Å². The van der Waals surface area contributed by atoms with Gasteiger partial charge in [0.1, 0.15) is 34.9 Å². The molecule has 0 amide bonds. The zero-order chi connectivity index (χ0) is 20.9. The first-order valence-electron chi connectivity index (χ1n) is 9.65. The Bertz CT molecular complexity index is 1230. The summed E-state index contributed by atoms with van der Waals surface area (Å²) >= 11 is 6.51. The molecule has 0 radical (unpaired) electrons. The second-order valence-corrected chi connectivity index (χ2v) is 8.29. The van der Waals surface area contributed by atoms with Gasteiger partial charge in [-0.15, -0.1) is 0 Å². The van der Waals surface area contributed by atoms with Gasteiger partial charge >= 0.3 is 0 Å². The van der Waals surface area contributed by atoms with Gasteiger partial charge in [0, 0.05) is 11.5 Å². The van der Waals surface area contributed by atoms with Gasteiger partial charge in [-0.3, -0.25) is 0 Å². The molecule has 7 nitrogen and oxygen atoms in total. The standard InChI is InChI=1S/C22H20ClN5O2/c1-22(29)10-14(11-22)21-27-18(19-20(24)25-12-26-28(19)21)13-7-8-17(16(23)9-13)30-15-5-3-2-4-6-15/h2-9,12,14,29H,10-11H2,1H3,(H2,24,25,26). The van der Waals surface area contributed by atoms with Crippen molar-refractivity contribution < 1.29 is 9.84 Å². The lowest BCUT2D eigenvalue weighted by Crippen LogP contribution is -2.40. The van der Waals surface area contributed by atoms with Crippen LogP contribution in [0.4, 0.5) is 5.82 Å². The number of rotatable bonds is 4. The van der Waals surface area contributed by atoms with Crippen molar-refractivity contribution in [1.82, 2.24) is 19.6 Å². The molecule has 0 bridgehead atoms. The van der Waals surface area contributed by atoms with Crippen LogP contribution in [-0.2, 0) is 0 Å². The van der Waals surface area contributed by atoms with Crippen LogP contribution in [0.2, 0.25) is 5.02 Å². The molecule has 1 fully saturated rings. The average Bonchev–Trinajstić information content (AvgIpc) is 3.09. The van der Waals surface area contributed by atoms with Crippen LogP contribution >= 0.6 is 11.6 Å². The van der Waals surface area contributed by atoms with Crippen LogP contribution in [0.3, 0.4) is 0 Å². The lowest BCUT2D eigenvalue weighted by molar-refractivity contribution is -0.0337. The van der Waals surface area contributed by atoms with Crippen LogP contribution in [-0.4, -0.2) is 30.3 Å². The Morgan fingerprint density at radius 3 is 2.67 bits per heavy atom. The summed E-state index contributed by atoms with van der Waals surface area (Å²) in [5.74, 6) is 2.46. The Morgan fingerprint density at radius 2 is 1.97 bits per heavy atom. The van der Waals surface area contributed by atoms with E-state index in [-0.39, 0.29) is 5.92 Å². The number of halogens is 1. The maximum absolute atomic E-state index is 10.2. The molecule has 2 heterocycles. The highest BCUT2D eigenvalue weighted by Crippen LogP contribution is 2.45. The Labute approximate surface area is 178 Å². The molecular weight excluding hydrogens is 402 g/mol. The Morgan fingerprint density at radius 1 is 1.20 bits per heavy atom. The van der Waals surface area contributed by atoms with E-state index in [0.29, 0.717) is 46.4 Å². The fraction of sp³-hybridized carbons (Fsp3) is 0.227. The molecule has 2 aromatic carbocycles. The minimum absolute atomic E-state index is 0.103. The summed E-state index contributed by atoms with van der Waals surface area (Å²) in [5.41, 5.74) is 7.58. The van der Waals surface area contributed by atoms with Crippen molar-refractivity contribution in [3.8, 4) is 22.8 Å². The molecule has 1 saturated carbocycles. The fourth-order valence-corrected chi connectivity index (χ4v) is 4.19. The van der Waals surface area contributed by atoms with Crippen molar-refractivity contribution in [3.63, 3.8) is 0 Å². The second-order valence-electron chi connectivity index (χ2n) is 7.89. The van der Waals surface area contributed by atoms with Crippen molar-refractivity contribution in [3.05, 3.63) is 65.7 Å². The molecule has 1 aliphatic rings. The van der Waals surface area contributed by atoms with E-state index in [1.807, 2.05) is 49.4 Å². The third-order valence-corrected chi connectivity index (χ3v) is 5.70. The zero-order valence-corrected chi connectivity index (χ0v) is 17.0. The zero-order valence-electron chi connectivity index (χ0n) is 16.3. The molecular formula is C22H20ClN5O2. The van der Waals surface area contributed by atoms with Crippen molar-refractivity contribution in [2.24, 2.45) is 0 Å². The Balaban J connectivity index is 1.55. The summed E-state index contributed by atoms with van der Waals surface area (Å²) < 4.78 is 7.59. The van der Waals surface area contributed by atoms with Gasteiger partial charge in [-0.1, -0.05) is 29.8 Å². The van der Waals surface area contributed by atoms with Gasteiger partial charge in [0.2, 0.25) is 0 Å². The molecule has 30 heavy (non-hydrogen) atoms. The average molecular weight is 422 g/mol. The number of benzene rings is 2. The first-order valence-corrected chi connectivity index (χ1v) is 10.0. The van der Waals surface area contributed by atoms with Crippen molar-refractivity contribution in [1.29, 1.82) is 0 Å². The molecule has 3 N–H and O–H groups in total. The minimum Gasteiger partial charge on any atom is -0.456 e. The quantitative estimate of drug-likeness (QED) is 0.505. The first-order chi connectivity index (χ1) is 14.4. The molecule has 152 valence electrons. The number of anilines is 1. The van der Waals surface area contributed by atoms with Crippen LogP contribution in [0.1, 0.15) is 31.5 Å². The maximum Gasteiger partial charge on any atom is 0.153 e. The number of aliphatic hydroxyl groups is 1. The van der Waals surface area contributed by atoms with E-state index in [0.717, 1.165) is 11.4 Å². The minimum atomic E-state index is -0.672. The van der Waals surface area contributed by atoms with Crippen LogP contribution < -0.4 is 10.5 Å². The van der Waals surface area contributed by atoms with Crippen LogP contribution in [0.25, 0.3) is 16.8 Å². The van der Waals surface area contributed by atoms with E-state index in [1.165, 1.54) is 6.33 Å². The number of ether oxygens (including phenoxy) is 1. The third-order valence-electron chi connectivity index (χ3n) is 5.40. The molecule has 8 heteroatoms. The Kier molecular flexibility index (Phi) is 4.38. The number of nitrogens with zero attached hydrogens (tertiary/aromatic N) is 4. The largest absolute Gasteiger partial charge is 0.456 e. The topological polar surface area (TPSA) is 98.6 Å². The molecule has 2 aromatic heterocycles. The van der Waals surface area contributed by atoms with E-state index in [2.05, 4.69) is 10.1 Å². The van der Waals surface area contributed by atoms with Crippen molar-refractivity contribution in [2.75, 3.05) is 5.73 Å². The number of hydrogen-bond acceptors (Lipinski definition) is 6. The lowest BCUT2D eigenvalue weighted by Gasteiger charge is -2.39. The van der Waals surface area contributed by atoms with Crippen molar-refractivity contribution >= 4 is 22.9 Å². The van der Waals surface area contributed by atoms with E-state index in [9.17, 15) is 5.11 Å². The number of hydrogen-bond donors (Lipinski definition) is 2. The predicted molar refractivity (Wildman–Crippen MR) is 115 cm³/mol. The summed E-state index contributed by atoms with van der Waals surface area (Å²) in [7, 11) is 0. The van der Waals surface area contributed by atoms with Gasteiger partial charge < -0.3 is 15.6 Å². The number of nitrogens with two attached hydrogens (primary N) is 1. The van der Waals surface area contributed by atoms with E-state index >= 15 is 0 Å². The van der Waals surface area contributed by atoms with Gasteiger partial charge in [0.25, 0.3) is 0 Å². The summed E-state index contributed by atoms with van der Waals surface area (Å²) in [6.07, 6.45) is 2.66. The molecule has 1 aliphatic carbocycles. The van der Waals surface area contributed by atoms with E-state index < -0.39 is 5.60 Å². The fourth-order valence-electron chi connectivity index (χ4n) is 3.97. The summed E-state index contributed by atoms with van der Waals surface area (Å²) in [6.45, 7) is 1.83. The molecule has 0 spiro atoms. The molecule has 5 rings (SSSR count). The highest BCUT2D eigenvalue weighted by atomic mass is 35.5. The number of imidazole rings is 1. The lowest BCUT2D eigenvalue weighted by atomic mass is 9.72. The predicted octanol–water partition coefficient (Wildman–Crippen LogP) is 4.45. The molecule has 4 aromatic rings. The van der Waals surface area contributed by atoms with Gasteiger partial charge in [-0.25, -0.2) is 14.5 Å². The smallest absolute Gasteiger partial charge is 0.153 e. The highest BCUT2D eigenvalue weighted by Gasteiger charge is 2.42. The molecule has 0 unspecified atom stereocenters. The van der Waals surface area contributed by atoms with Crippen molar-refractivity contribution in [2.45, 2.75) is 31.3 Å². The van der Waals surface area contributed by atoms with E-state index in [4.69, 9.17) is 27.1 Å². The summed E-state index contributed by atoms with van der Waals surface area (Å²) in [4.78, 5) is 8.97. The Hall–Kier alpha value is -3.16. The molecule has 0 atom stereocenters. The number of fused-ring (bicyclic) bond motifs is 1. The third kappa shape index (κ3) is 3.26. The SMILES string of the molecule is CC1(O)CC(c2nc(-c3ccc(Oc4ccccc4)c(Cl)c3)c3c(N)ncnn23)C1. The highest BCUT2D eigenvalue weighted by molar-refractivity contribution is 6.32. The molecule has 0 aliphatic heterocycles. The summed E-state index contributed by atoms with van der Waals surface area (Å²) in [6, 6.07) is 15.0. The normalized spacial score (nSPS) is 20.8. The monoisotopic (exact) mass is 421 g/mol. The summed E-state index contributed by atoms with van der Waals surface area (Å²) in [5, 5.41) is 15.0.